The van der Waals surface area contributed by atoms with Crippen LogP contribution in [-0.4, -0.2) is 15.9 Å². The predicted octanol–water partition coefficient (Wildman–Crippen LogP) is 4.14. The van der Waals surface area contributed by atoms with Crippen LogP contribution in [-0.2, 0) is 7.05 Å². The van der Waals surface area contributed by atoms with Crippen LogP contribution < -0.4 is 10.5 Å². The minimum absolute atomic E-state index is 0.292. The lowest BCUT2D eigenvalue weighted by Crippen LogP contribution is -2.12. The Bertz CT molecular complexity index is 847. The number of aromatic nitrogens is 2. The molecule has 0 amide bonds. The lowest BCUT2D eigenvalue weighted by Gasteiger charge is -2.18. The van der Waals surface area contributed by atoms with Gasteiger partial charge in [0.2, 0.25) is 0 Å². The number of rotatable bonds is 3. The molecule has 0 unspecified atom stereocenters. The molecule has 0 spiro atoms. The highest BCUT2D eigenvalue weighted by molar-refractivity contribution is 5.87. The van der Waals surface area contributed by atoms with Crippen molar-refractivity contribution in [3.05, 3.63) is 42.6 Å². The molecule has 0 saturated heterocycles. The van der Waals surface area contributed by atoms with E-state index in [9.17, 15) is 0 Å². The summed E-state index contributed by atoms with van der Waals surface area (Å²) in [5, 5.41) is 5.44. The maximum Gasteiger partial charge on any atom is 0.150 e. The summed E-state index contributed by atoms with van der Waals surface area (Å²) >= 11 is 0. The summed E-state index contributed by atoms with van der Waals surface area (Å²) in [7, 11) is 1.96. The van der Waals surface area contributed by atoms with Gasteiger partial charge in [-0.05, 0) is 49.4 Å². The zero-order valence-corrected chi connectivity index (χ0v) is 13.3. The molecule has 4 nitrogen and oxygen atoms in total. The smallest absolute Gasteiger partial charge is 0.150 e. The van der Waals surface area contributed by atoms with Gasteiger partial charge in [0.05, 0.1) is 23.5 Å². The molecule has 2 aromatic carbocycles. The van der Waals surface area contributed by atoms with Crippen molar-refractivity contribution in [2.75, 3.05) is 5.73 Å². The normalized spacial score (nSPS) is 15.3. The Morgan fingerprint density at radius 3 is 2.83 bits per heavy atom. The molecule has 1 aliphatic carbocycles. The van der Waals surface area contributed by atoms with E-state index in [-0.39, 0.29) is 0 Å². The number of nitrogen functional groups attached to an aromatic ring is 1. The molecule has 2 N–H and O–H groups in total. The minimum atomic E-state index is 0.292. The van der Waals surface area contributed by atoms with Gasteiger partial charge in [-0.25, -0.2) is 0 Å². The van der Waals surface area contributed by atoms with Gasteiger partial charge in [-0.1, -0.05) is 18.2 Å². The molecule has 1 heterocycles. The van der Waals surface area contributed by atoms with Gasteiger partial charge in [-0.3, -0.25) is 4.68 Å². The largest absolute Gasteiger partial charge is 0.488 e. The van der Waals surface area contributed by atoms with Crippen molar-refractivity contribution < 1.29 is 4.74 Å². The first-order valence-corrected chi connectivity index (χ1v) is 8.19. The fourth-order valence-corrected chi connectivity index (χ4v) is 3.42. The summed E-state index contributed by atoms with van der Waals surface area (Å²) in [5.74, 6) is 0.822. The first-order valence-electron chi connectivity index (χ1n) is 8.19. The van der Waals surface area contributed by atoms with Crippen LogP contribution in [0.1, 0.15) is 25.7 Å². The van der Waals surface area contributed by atoms with Gasteiger partial charge in [0.25, 0.3) is 0 Å². The fraction of sp³-hybridized carbons (Fsp3) is 0.316. The van der Waals surface area contributed by atoms with Crippen molar-refractivity contribution in [1.29, 1.82) is 0 Å². The van der Waals surface area contributed by atoms with Crippen LogP contribution in [0.3, 0.4) is 0 Å². The van der Waals surface area contributed by atoms with E-state index in [1.807, 2.05) is 30.1 Å². The molecule has 1 aliphatic rings. The van der Waals surface area contributed by atoms with Crippen LogP contribution in [0.5, 0.6) is 5.75 Å². The first kappa shape index (κ1) is 14.1. The first-order chi connectivity index (χ1) is 11.2. The highest BCUT2D eigenvalue weighted by Crippen LogP contribution is 2.38. The predicted molar refractivity (Wildman–Crippen MR) is 93.4 cm³/mol. The molecule has 4 rings (SSSR count). The van der Waals surface area contributed by atoms with E-state index >= 15 is 0 Å². The molecule has 1 fully saturated rings. The third-order valence-electron chi connectivity index (χ3n) is 4.69. The van der Waals surface area contributed by atoms with Gasteiger partial charge >= 0.3 is 0 Å². The summed E-state index contributed by atoms with van der Waals surface area (Å²) < 4.78 is 8.15. The van der Waals surface area contributed by atoms with E-state index in [2.05, 4.69) is 29.4 Å². The summed E-state index contributed by atoms with van der Waals surface area (Å²) in [6.07, 6.45) is 6.91. The number of para-hydroxylation sites is 1. The average Bonchev–Trinajstić information content (AvgIpc) is 3.19. The highest BCUT2D eigenvalue weighted by atomic mass is 16.5. The highest BCUT2D eigenvalue weighted by Gasteiger charge is 2.20. The Morgan fingerprint density at radius 1 is 1.17 bits per heavy atom. The SMILES string of the molecule is Cn1ncc2cc(-c3cccc(N)c3OC3CCCC3)ccc21. The quantitative estimate of drug-likeness (QED) is 0.740. The number of nitrogens with zero attached hydrogens (tertiary/aromatic N) is 2. The van der Waals surface area contributed by atoms with E-state index in [0.29, 0.717) is 11.8 Å². The second-order valence-corrected chi connectivity index (χ2v) is 6.29. The van der Waals surface area contributed by atoms with Crippen LogP contribution in [0.25, 0.3) is 22.0 Å². The average molecular weight is 307 g/mol. The van der Waals surface area contributed by atoms with Gasteiger partial charge < -0.3 is 10.5 Å². The summed E-state index contributed by atoms with van der Waals surface area (Å²) in [5.41, 5.74) is 10.2. The van der Waals surface area contributed by atoms with Crippen LogP contribution in [0, 0.1) is 0 Å². The minimum Gasteiger partial charge on any atom is -0.488 e. The van der Waals surface area contributed by atoms with E-state index in [1.165, 1.54) is 12.8 Å². The maximum atomic E-state index is 6.26. The number of anilines is 1. The number of benzene rings is 2. The number of ether oxygens (including phenoxy) is 1. The van der Waals surface area contributed by atoms with Crippen molar-refractivity contribution in [2.24, 2.45) is 7.05 Å². The maximum absolute atomic E-state index is 6.26. The van der Waals surface area contributed by atoms with Gasteiger partial charge in [0, 0.05) is 18.0 Å². The second kappa shape index (κ2) is 5.61. The zero-order valence-electron chi connectivity index (χ0n) is 13.3. The monoisotopic (exact) mass is 307 g/mol. The van der Waals surface area contributed by atoms with E-state index < -0.39 is 0 Å². The third kappa shape index (κ3) is 2.54. The van der Waals surface area contributed by atoms with Crippen molar-refractivity contribution in [1.82, 2.24) is 9.78 Å². The molecule has 1 saturated carbocycles. The van der Waals surface area contributed by atoms with Gasteiger partial charge in [-0.15, -0.1) is 0 Å². The Kier molecular flexibility index (Phi) is 3.45. The van der Waals surface area contributed by atoms with Crippen LogP contribution in [0.15, 0.2) is 42.6 Å². The summed E-state index contributed by atoms with van der Waals surface area (Å²) in [6.45, 7) is 0. The standard InChI is InChI=1S/C19H21N3O/c1-22-18-10-9-13(11-14(18)12-21-22)16-7-4-8-17(20)19(16)23-15-5-2-3-6-15/h4,7-12,15H,2-3,5-6,20H2,1H3. The molecule has 0 radical (unpaired) electrons. The lowest BCUT2D eigenvalue weighted by molar-refractivity contribution is 0.212. The van der Waals surface area contributed by atoms with Crippen molar-refractivity contribution in [3.8, 4) is 16.9 Å². The topological polar surface area (TPSA) is 53.1 Å². The van der Waals surface area contributed by atoms with E-state index in [0.717, 1.165) is 40.6 Å². The van der Waals surface area contributed by atoms with Crippen LogP contribution in [0.4, 0.5) is 5.69 Å². The molecular weight excluding hydrogens is 286 g/mol. The zero-order chi connectivity index (χ0) is 15.8. The summed E-state index contributed by atoms with van der Waals surface area (Å²) in [4.78, 5) is 0. The molecule has 0 aliphatic heterocycles. The molecule has 23 heavy (non-hydrogen) atoms. The molecule has 4 heteroatoms. The lowest BCUT2D eigenvalue weighted by atomic mass is 10.0. The number of hydrogen-bond acceptors (Lipinski definition) is 3. The Labute approximate surface area is 135 Å². The van der Waals surface area contributed by atoms with Crippen molar-refractivity contribution in [3.63, 3.8) is 0 Å². The number of aryl methyl sites for hydroxylation is 1. The van der Waals surface area contributed by atoms with Gasteiger partial charge in [0.1, 0.15) is 5.75 Å². The number of fused-ring (bicyclic) bond motifs is 1. The molecule has 1 aromatic heterocycles. The molecule has 0 atom stereocenters. The van der Waals surface area contributed by atoms with E-state index in [1.54, 1.807) is 0 Å². The Balaban J connectivity index is 1.78. The fourth-order valence-electron chi connectivity index (χ4n) is 3.42. The van der Waals surface area contributed by atoms with Gasteiger partial charge in [-0.2, -0.15) is 5.10 Å². The molecule has 118 valence electrons. The Hall–Kier alpha value is -2.49. The molecular formula is C19H21N3O. The van der Waals surface area contributed by atoms with Gasteiger partial charge in [0.15, 0.2) is 0 Å². The van der Waals surface area contributed by atoms with Crippen LogP contribution >= 0.6 is 0 Å². The molecule has 0 bridgehead atoms. The second-order valence-electron chi connectivity index (χ2n) is 6.29. The van der Waals surface area contributed by atoms with Crippen LogP contribution in [0.2, 0.25) is 0 Å². The Morgan fingerprint density at radius 2 is 2.00 bits per heavy atom. The molecule has 3 aromatic rings. The number of nitrogens with two attached hydrogens (primary N) is 1. The summed E-state index contributed by atoms with van der Waals surface area (Å²) in [6, 6.07) is 12.3. The number of hydrogen-bond donors (Lipinski definition) is 1. The third-order valence-corrected chi connectivity index (χ3v) is 4.69. The van der Waals surface area contributed by atoms with Crippen molar-refractivity contribution >= 4 is 16.6 Å². The van der Waals surface area contributed by atoms with E-state index in [4.69, 9.17) is 10.5 Å². The van der Waals surface area contributed by atoms with Crippen molar-refractivity contribution in [2.45, 2.75) is 31.8 Å².